The highest BCUT2D eigenvalue weighted by molar-refractivity contribution is 7.12. The van der Waals surface area contributed by atoms with Gasteiger partial charge in [0, 0.05) is 39.3 Å². The van der Waals surface area contributed by atoms with E-state index >= 15 is 0 Å². The summed E-state index contributed by atoms with van der Waals surface area (Å²) in [5.41, 5.74) is 1.01. The maximum Gasteiger partial charge on any atom is 0.264 e. The summed E-state index contributed by atoms with van der Waals surface area (Å²) in [6.07, 6.45) is 0. The van der Waals surface area contributed by atoms with Crippen molar-refractivity contribution in [2.45, 2.75) is 6.04 Å². The van der Waals surface area contributed by atoms with Gasteiger partial charge in [0.25, 0.3) is 5.91 Å². The fourth-order valence-corrected chi connectivity index (χ4v) is 4.53. The van der Waals surface area contributed by atoms with Crippen LogP contribution in [-0.4, -0.2) is 79.0 Å². The van der Waals surface area contributed by atoms with Gasteiger partial charge in [-0.3, -0.25) is 14.5 Å². The smallest absolute Gasteiger partial charge is 0.264 e. The number of thiophene rings is 1. The molecule has 0 radical (unpaired) electrons. The van der Waals surface area contributed by atoms with Crippen LogP contribution in [0.3, 0.4) is 0 Å². The number of rotatable bonds is 4. The molecule has 2 fully saturated rings. The summed E-state index contributed by atoms with van der Waals surface area (Å²) >= 11 is 1.47. The van der Waals surface area contributed by atoms with E-state index in [1.807, 2.05) is 57.6 Å². The van der Waals surface area contributed by atoms with Crippen LogP contribution in [0, 0.1) is 0 Å². The van der Waals surface area contributed by atoms with E-state index in [2.05, 4.69) is 4.90 Å². The number of morpholine rings is 1. The molecule has 1 atom stereocenters. The van der Waals surface area contributed by atoms with Gasteiger partial charge in [0.2, 0.25) is 5.91 Å². The van der Waals surface area contributed by atoms with Crippen LogP contribution in [0.2, 0.25) is 0 Å². The minimum atomic E-state index is -0.307. The first-order valence-corrected chi connectivity index (χ1v) is 10.6. The highest BCUT2D eigenvalue weighted by Gasteiger charge is 2.34. The van der Waals surface area contributed by atoms with Crippen LogP contribution in [0.15, 0.2) is 47.8 Å². The predicted molar refractivity (Wildman–Crippen MR) is 108 cm³/mol. The zero-order chi connectivity index (χ0) is 19.3. The fourth-order valence-electron chi connectivity index (χ4n) is 3.84. The van der Waals surface area contributed by atoms with Crippen molar-refractivity contribution in [1.29, 1.82) is 0 Å². The van der Waals surface area contributed by atoms with Crippen LogP contribution in [0.5, 0.6) is 0 Å². The number of ether oxygens (including phenoxy) is 1. The van der Waals surface area contributed by atoms with Crippen LogP contribution < -0.4 is 0 Å². The Kier molecular flexibility index (Phi) is 6.04. The summed E-state index contributed by atoms with van der Waals surface area (Å²) in [6.45, 7) is 5.11. The van der Waals surface area contributed by atoms with E-state index in [-0.39, 0.29) is 17.9 Å². The maximum absolute atomic E-state index is 13.3. The van der Waals surface area contributed by atoms with Crippen molar-refractivity contribution in [2.24, 2.45) is 0 Å². The number of amides is 2. The van der Waals surface area contributed by atoms with E-state index in [4.69, 9.17) is 4.74 Å². The molecule has 0 spiro atoms. The standard InChI is InChI=1S/C21H25N3O3S/c25-20(18-7-4-16-28-18)23-10-8-22(9-11-23)19(17-5-2-1-3-6-17)21(26)24-12-14-27-15-13-24/h1-7,16,19H,8-15H2. The number of hydrogen-bond acceptors (Lipinski definition) is 5. The summed E-state index contributed by atoms with van der Waals surface area (Å²) in [5, 5.41) is 1.93. The van der Waals surface area contributed by atoms with Crippen molar-refractivity contribution in [1.82, 2.24) is 14.7 Å². The van der Waals surface area contributed by atoms with Gasteiger partial charge in [-0.15, -0.1) is 11.3 Å². The zero-order valence-corrected chi connectivity index (χ0v) is 16.6. The Morgan fingerprint density at radius 1 is 0.857 bits per heavy atom. The molecule has 3 heterocycles. The lowest BCUT2D eigenvalue weighted by Crippen LogP contribution is -2.54. The van der Waals surface area contributed by atoms with E-state index < -0.39 is 0 Å². The monoisotopic (exact) mass is 399 g/mol. The Hall–Kier alpha value is -2.22. The zero-order valence-electron chi connectivity index (χ0n) is 15.8. The van der Waals surface area contributed by atoms with Gasteiger partial charge in [-0.2, -0.15) is 0 Å². The SMILES string of the molecule is O=C(c1cccs1)N1CCN(C(C(=O)N2CCOCC2)c2ccccc2)CC1. The molecule has 7 heteroatoms. The van der Waals surface area contributed by atoms with Crippen molar-refractivity contribution in [2.75, 3.05) is 52.5 Å². The topological polar surface area (TPSA) is 53.1 Å². The number of hydrogen-bond donors (Lipinski definition) is 0. The Morgan fingerprint density at radius 2 is 1.57 bits per heavy atom. The lowest BCUT2D eigenvalue weighted by molar-refractivity contribution is -0.142. The van der Waals surface area contributed by atoms with Crippen LogP contribution in [0.4, 0.5) is 0 Å². The molecule has 0 aliphatic carbocycles. The van der Waals surface area contributed by atoms with Crippen LogP contribution in [0.25, 0.3) is 0 Å². The maximum atomic E-state index is 13.3. The van der Waals surface area contributed by atoms with E-state index in [0.717, 1.165) is 10.4 Å². The molecule has 28 heavy (non-hydrogen) atoms. The van der Waals surface area contributed by atoms with Crippen molar-refractivity contribution >= 4 is 23.2 Å². The van der Waals surface area contributed by atoms with E-state index in [0.29, 0.717) is 52.5 Å². The number of benzene rings is 1. The average molecular weight is 400 g/mol. The molecule has 148 valence electrons. The summed E-state index contributed by atoms with van der Waals surface area (Å²) in [6, 6.07) is 13.4. The van der Waals surface area contributed by atoms with E-state index in [9.17, 15) is 9.59 Å². The normalized spacial score (nSPS) is 19.4. The van der Waals surface area contributed by atoms with Crippen molar-refractivity contribution in [3.63, 3.8) is 0 Å². The third-order valence-corrected chi connectivity index (χ3v) is 6.23. The van der Waals surface area contributed by atoms with Crippen LogP contribution >= 0.6 is 11.3 Å². The molecule has 2 aromatic rings. The number of carbonyl (C=O) groups excluding carboxylic acids is 2. The molecule has 0 N–H and O–H groups in total. The highest BCUT2D eigenvalue weighted by Crippen LogP contribution is 2.26. The van der Waals surface area contributed by atoms with E-state index in [1.54, 1.807) is 0 Å². The minimum absolute atomic E-state index is 0.0883. The first kappa shape index (κ1) is 19.1. The molecule has 0 bridgehead atoms. The van der Waals surface area contributed by atoms with E-state index in [1.165, 1.54) is 11.3 Å². The second kappa shape index (κ2) is 8.86. The molecule has 2 aliphatic heterocycles. The van der Waals surface area contributed by atoms with Crippen LogP contribution in [-0.2, 0) is 9.53 Å². The first-order valence-electron chi connectivity index (χ1n) is 9.72. The molecule has 2 amide bonds. The third-order valence-electron chi connectivity index (χ3n) is 5.37. The molecular weight excluding hydrogens is 374 g/mol. The molecule has 2 aliphatic rings. The summed E-state index contributed by atoms with van der Waals surface area (Å²) in [5.74, 6) is 0.220. The molecule has 6 nitrogen and oxygen atoms in total. The van der Waals surface area contributed by atoms with Crippen molar-refractivity contribution in [3.8, 4) is 0 Å². The third kappa shape index (κ3) is 4.11. The summed E-state index contributed by atoms with van der Waals surface area (Å²) < 4.78 is 5.41. The fraction of sp³-hybridized carbons (Fsp3) is 0.429. The first-order chi connectivity index (χ1) is 13.7. The molecule has 4 rings (SSSR count). The van der Waals surface area contributed by atoms with Crippen molar-refractivity contribution in [3.05, 3.63) is 58.3 Å². The average Bonchev–Trinajstić information content (AvgIpc) is 3.30. The van der Waals surface area contributed by atoms with Gasteiger partial charge in [0.05, 0.1) is 18.1 Å². The highest BCUT2D eigenvalue weighted by atomic mass is 32.1. The molecule has 1 aromatic heterocycles. The summed E-state index contributed by atoms with van der Waals surface area (Å²) in [4.78, 5) is 32.8. The predicted octanol–water partition coefficient (Wildman–Crippen LogP) is 2.11. The van der Waals surface area contributed by atoms with Gasteiger partial charge in [-0.1, -0.05) is 36.4 Å². The molecule has 1 aromatic carbocycles. The summed E-state index contributed by atoms with van der Waals surface area (Å²) in [7, 11) is 0. The van der Waals surface area contributed by atoms with Gasteiger partial charge in [-0.25, -0.2) is 0 Å². The lowest BCUT2D eigenvalue weighted by Gasteiger charge is -2.41. The second-order valence-electron chi connectivity index (χ2n) is 7.06. The quantitative estimate of drug-likeness (QED) is 0.790. The Balaban J connectivity index is 1.48. The molecule has 2 saturated heterocycles. The molecule has 1 unspecified atom stereocenters. The minimum Gasteiger partial charge on any atom is -0.378 e. The van der Waals surface area contributed by atoms with Crippen LogP contribution in [0.1, 0.15) is 21.3 Å². The molecular formula is C21H25N3O3S. The number of carbonyl (C=O) groups is 2. The number of nitrogens with zero attached hydrogens (tertiary/aromatic N) is 3. The van der Waals surface area contributed by atoms with Crippen molar-refractivity contribution < 1.29 is 14.3 Å². The van der Waals surface area contributed by atoms with Gasteiger partial charge >= 0.3 is 0 Å². The Bertz CT molecular complexity index is 782. The lowest BCUT2D eigenvalue weighted by atomic mass is 10.0. The van der Waals surface area contributed by atoms with Gasteiger partial charge in [-0.05, 0) is 17.0 Å². The Morgan fingerprint density at radius 3 is 2.21 bits per heavy atom. The van der Waals surface area contributed by atoms with Gasteiger partial charge in [0.1, 0.15) is 6.04 Å². The Labute approximate surface area is 169 Å². The number of piperazine rings is 1. The molecule has 0 saturated carbocycles. The largest absolute Gasteiger partial charge is 0.378 e. The van der Waals surface area contributed by atoms with Gasteiger partial charge < -0.3 is 14.5 Å². The second-order valence-corrected chi connectivity index (χ2v) is 8.00. The van der Waals surface area contributed by atoms with Gasteiger partial charge in [0.15, 0.2) is 0 Å².